The highest BCUT2D eigenvalue weighted by atomic mass is 19.1. The van der Waals surface area contributed by atoms with Crippen LogP contribution in [0.25, 0.3) is 17.2 Å². The maximum atomic E-state index is 16.1. The maximum Gasteiger partial charge on any atom is 0.335 e. The number of halogens is 3. The molecule has 1 aliphatic heterocycles. The fraction of sp³-hybridized carbons (Fsp3) is 0.303. The second-order valence-electron chi connectivity index (χ2n) is 10.6. The Morgan fingerprint density at radius 2 is 1.74 bits per heavy atom. The number of aryl methyl sites for hydroxylation is 3. The minimum atomic E-state index is -0.999. The van der Waals surface area contributed by atoms with Crippen molar-refractivity contribution in [1.82, 2.24) is 4.90 Å². The van der Waals surface area contributed by atoms with Gasteiger partial charge in [-0.2, -0.15) is 0 Å². The van der Waals surface area contributed by atoms with Gasteiger partial charge < -0.3 is 5.11 Å². The Bertz CT molecular complexity index is 1470. The molecule has 3 aromatic carbocycles. The van der Waals surface area contributed by atoms with Crippen LogP contribution in [0.2, 0.25) is 0 Å². The number of carbonyl (C=O) groups is 1. The summed E-state index contributed by atoms with van der Waals surface area (Å²) in [5.74, 6) is -1.67. The molecule has 1 N–H and O–H groups in total. The van der Waals surface area contributed by atoms with Crippen molar-refractivity contribution in [3.8, 4) is 0 Å². The van der Waals surface area contributed by atoms with Crippen molar-refractivity contribution in [2.45, 2.75) is 39.5 Å². The fourth-order valence-corrected chi connectivity index (χ4v) is 5.91. The second kappa shape index (κ2) is 11.2. The van der Waals surface area contributed by atoms with E-state index in [4.69, 9.17) is 0 Å². The largest absolute Gasteiger partial charge is 0.478 e. The van der Waals surface area contributed by atoms with E-state index in [1.807, 2.05) is 26.0 Å². The van der Waals surface area contributed by atoms with Gasteiger partial charge in [-0.1, -0.05) is 24.3 Å². The topological polar surface area (TPSA) is 40.5 Å². The molecule has 1 heterocycles. The molecule has 0 spiro atoms. The van der Waals surface area contributed by atoms with E-state index in [1.165, 1.54) is 17.7 Å². The van der Waals surface area contributed by atoms with E-state index in [1.54, 1.807) is 30.3 Å². The molecule has 0 bridgehead atoms. The number of likely N-dealkylation sites (tertiary alicyclic amines) is 1. The van der Waals surface area contributed by atoms with Crippen molar-refractivity contribution in [2.75, 3.05) is 26.3 Å². The molecule has 1 fully saturated rings. The van der Waals surface area contributed by atoms with Gasteiger partial charge in [0.05, 0.1) is 12.2 Å². The molecule has 1 aliphatic carbocycles. The van der Waals surface area contributed by atoms with Gasteiger partial charge in [0.2, 0.25) is 0 Å². The molecule has 0 amide bonds. The zero-order valence-electron chi connectivity index (χ0n) is 22.3. The average Bonchev–Trinajstić information content (AvgIpc) is 3.04. The SMILES string of the molecule is Cc1cc(F)ccc1C1=C(c2c(C)cc(C=C3CN(CCCF)C3)cc2F)c2ccc(C(=O)O)cc2CCC1. The lowest BCUT2D eigenvalue weighted by molar-refractivity contribution is 0.0696. The summed E-state index contributed by atoms with van der Waals surface area (Å²) in [6.07, 6.45) is 4.60. The molecule has 0 saturated carbocycles. The van der Waals surface area contributed by atoms with Gasteiger partial charge in [0.1, 0.15) is 11.6 Å². The van der Waals surface area contributed by atoms with Crippen LogP contribution in [0.5, 0.6) is 0 Å². The molecule has 3 nitrogen and oxygen atoms in total. The molecule has 2 aliphatic rings. The number of alkyl halides is 1. The summed E-state index contributed by atoms with van der Waals surface area (Å²) in [5.41, 5.74) is 8.43. The first-order valence-corrected chi connectivity index (χ1v) is 13.4. The Labute approximate surface area is 227 Å². The van der Waals surface area contributed by atoms with E-state index in [2.05, 4.69) is 4.90 Å². The standard InChI is InChI=1S/C33H32F3NO2/c1-20-14-26(35)8-10-27(20)29-6-3-5-24-17-25(33(38)39)7-9-28(24)32(29)31-21(2)13-22(16-30(31)36)15-23-18-37(19-23)12-4-11-34/h7-10,13-17H,3-6,11-12,18-19H2,1-2H3,(H,38,39). The number of rotatable bonds is 7. The molecular formula is C33H32F3NO2. The second-order valence-corrected chi connectivity index (χ2v) is 10.6. The van der Waals surface area contributed by atoms with Crippen LogP contribution >= 0.6 is 0 Å². The minimum absolute atomic E-state index is 0.203. The Hall–Kier alpha value is -3.64. The van der Waals surface area contributed by atoms with Crippen LogP contribution in [0.3, 0.4) is 0 Å². The van der Waals surface area contributed by atoms with Crippen molar-refractivity contribution in [1.29, 1.82) is 0 Å². The van der Waals surface area contributed by atoms with Crippen LogP contribution in [0.1, 0.15) is 68.6 Å². The molecule has 3 aromatic rings. The molecular weight excluding hydrogens is 499 g/mol. The fourth-order valence-electron chi connectivity index (χ4n) is 5.91. The Balaban J connectivity index is 1.64. The number of allylic oxidation sites excluding steroid dienone is 1. The van der Waals surface area contributed by atoms with E-state index in [0.717, 1.165) is 70.6 Å². The molecule has 0 atom stereocenters. The number of aromatic carboxylic acids is 1. The predicted octanol–water partition coefficient (Wildman–Crippen LogP) is 7.63. The van der Waals surface area contributed by atoms with Gasteiger partial charge in [-0.25, -0.2) is 13.6 Å². The Morgan fingerprint density at radius 3 is 2.44 bits per heavy atom. The summed E-state index contributed by atoms with van der Waals surface area (Å²) >= 11 is 0. The minimum Gasteiger partial charge on any atom is -0.478 e. The highest BCUT2D eigenvalue weighted by molar-refractivity contribution is 6.02. The highest BCUT2D eigenvalue weighted by Gasteiger charge is 2.26. The molecule has 6 heteroatoms. The van der Waals surface area contributed by atoms with Gasteiger partial charge in [-0.15, -0.1) is 0 Å². The third-order valence-electron chi connectivity index (χ3n) is 7.70. The van der Waals surface area contributed by atoms with Gasteiger partial charge in [-0.05, 0) is 120 Å². The molecule has 0 aromatic heterocycles. The van der Waals surface area contributed by atoms with E-state index in [9.17, 15) is 18.7 Å². The number of benzene rings is 3. The number of nitrogens with zero attached hydrogens (tertiary/aromatic N) is 1. The molecule has 5 rings (SSSR count). The number of hydrogen-bond donors (Lipinski definition) is 1. The quantitative estimate of drug-likeness (QED) is 0.341. The van der Waals surface area contributed by atoms with E-state index >= 15 is 4.39 Å². The summed E-state index contributed by atoms with van der Waals surface area (Å²) in [4.78, 5) is 13.9. The van der Waals surface area contributed by atoms with Gasteiger partial charge in [0, 0.05) is 25.2 Å². The van der Waals surface area contributed by atoms with Crippen LogP contribution in [0, 0.1) is 25.5 Å². The van der Waals surface area contributed by atoms with Crippen LogP contribution in [0.15, 0.2) is 54.1 Å². The third-order valence-corrected chi connectivity index (χ3v) is 7.70. The third kappa shape index (κ3) is 5.57. The zero-order chi connectivity index (χ0) is 27.7. The van der Waals surface area contributed by atoms with Crippen molar-refractivity contribution < 1.29 is 23.1 Å². The zero-order valence-corrected chi connectivity index (χ0v) is 22.3. The van der Waals surface area contributed by atoms with Crippen molar-refractivity contribution in [2.24, 2.45) is 0 Å². The summed E-state index contributed by atoms with van der Waals surface area (Å²) in [7, 11) is 0. The van der Waals surface area contributed by atoms with Crippen LogP contribution < -0.4 is 0 Å². The van der Waals surface area contributed by atoms with E-state index in [0.29, 0.717) is 24.8 Å². The summed E-state index contributed by atoms with van der Waals surface area (Å²) in [6.45, 7) is 5.69. The van der Waals surface area contributed by atoms with Gasteiger partial charge in [0.15, 0.2) is 0 Å². The lowest BCUT2D eigenvalue weighted by atomic mass is 9.83. The Morgan fingerprint density at radius 1 is 0.974 bits per heavy atom. The van der Waals surface area contributed by atoms with Crippen LogP contribution in [0.4, 0.5) is 13.2 Å². The first kappa shape index (κ1) is 26.9. The van der Waals surface area contributed by atoms with Crippen LogP contribution in [-0.2, 0) is 6.42 Å². The van der Waals surface area contributed by atoms with Crippen molar-refractivity contribution in [3.63, 3.8) is 0 Å². The normalized spacial score (nSPS) is 15.6. The first-order valence-electron chi connectivity index (χ1n) is 13.4. The lowest BCUT2D eigenvalue weighted by Gasteiger charge is -2.33. The smallest absolute Gasteiger partial charge is 0.335 e. The predicted molar refractivity (Wildman–Crippen MR) is 150 cm³/mol. The number of fused-ring (bicyclic) bond motifs is 1. The van der Waals surface area contributed by atoms with Crippen LogP contribution in [-0.4, -0.2) is 42.3 Å². The molecule has 39 heavy (non-hydrogen) atoms. The Kier molecular flexibility index (Phi) is 7.76. The highest BCUT2D eigenvalue weighted by Crippen LogP contribution is 2.43. The number of hydrogen-bond acceptors (Lipinski definition) is 2. The van der Waals surface area contributed by atoms with Crippen molar-refractivity contribution in [3.05, 3.63) is 110 Å². The van der Waals surface area contributed by atoms with Gasteiger partial charge in [-0.3, -0.25) is 9.29 Å². The maximum absolute atomic E-state index is 16.1. The van der Waals surface area contributed by atoms with Crippen molar-refractivity contribution >= 4 is 23.2 Å². The van der Waals surface area contributed by atoms with E-state index < -0.39 is 5.97 Å². The van der Waals surface area contributed by atoms with Gasteiger partial charge >= 0.3 is 5.97 Å². The molecule has 0 radical (unpaired) electrons. The summed E-state index contributed by atoms with van der Waals surface area (Å²) in [6, 6.07) is 13.3. The lowest BCUT2D eigenvalue weighted by Crippen LogP contribution is -2.40. The van der Waals surface area contributed by atoms with E-state index in [-0.39, 0.29) is 23.9 Å². The number of carboxylic acid groups (broad SMARTS) is 1. The molecule has 1 saturated heterocycles. The average molecular weight is 532 g/mol. The molecule has 202 valence electrons. The first-order chi connectivity index (χ1) is 18.7. The number of carboxylic acids is 1. The summed E-state index contributed by atoms with van der Waals surface area (Å²) < 4.78 is 42.6. The summed E-state index contributed by atoms with van der Waals surface area (Å²) in [5, 5.41) is 9.57. The molecule has 0 unspecified atom stereocenters. The monoisotopic (exact) mass is 531 g/mol. The van der Waals surface area contributed by atoms with Gasteiger partial charge in [0.25, 0.3) is 0 Å².